The van der Waals surface area contributed by atoms with Crippen LogP contribution < -0.4 is 10.6 Å². The van der Waals surface area contributed by atoms with Crippen LogP contribution in [-0.4, -0.2) is 13.1 Å². The fourth-order valence-corrected chi connectivity index (χ4v) is 2.05. The summed E-state index contributed by atoms with van der Waals surface area (Å²) in [6, 6.07) is 4.34. The second kappa shape index (κ2) is 6.28. The van der Waals surface area contributed by atoms with Gasteiger partial charge in [0.05, 0.1) is 5.56 Å². The van der Waals surface area contributed by atoms with Crippen LogP contribution in [0, 0.1) is 5.92 Å². The standard InChI is InChI=1S/C14H21F3N2/c1-4-19(9-10(2)3)13-6-5-11(8-18)7-12(13)14(15,16)17/h5-7,10H,4,8-9,18H2,1-3H3. The van der Waals surface area contributed by atoms with Crippen molar-refractivity contribution < 1.29 is 13.2 Å². The van der Waals surface area contributed by atoms with Gasteiger partial charge in [-0.15, -0.1) is 0 Å². The zero-order chi connectivity index (χ0) is 14.6. The van der Waals surface area contributed by atoms with Crippen molar-refractivity contribution in [1.29, 1.82) is 0 Å². The molecule has 0 unspecified atom stereocenters. The lowest BCUT2D eigenvalue weighted by Gasteiger charge is -2.28. The van der Waals surface area contributed by atoms with Gasteiger partial charge in [0.2, 0.25) is 0 Å². The molecule has 19 heavy (non-hydrogen) atoms. The zero-order valence-electron chi connectivity index (χ0n) is 11.6. The van der Waals surface area contributed by atoms with Gasteiger partial charge in [0, 0.05) is 25.3 Å². The average Bonchev–Trinajstić information content (AvgIpc) is 2.34. The summed E-state index contributed by atoms with van der Waals surface area (Å²) in [5.74, 6) is 0.301. The summed E-state index contributed by atoms with van der Waals surface area (Å²) in [5.41, 5.74) is 5.56. The van der Waals surface area contributed by atoms with Crippen molar-refractivity contribution in [2.24, 2.45) is 11.7 Å². The molecule has 2 N–H and O–H groups in total. The van der Waals surface area contributed by atoms with Gasteiger partial charge in [0.25, 0.3) is 0 Å². The van der Waals surface area contributed by atoms with Crippen LogP contribution in [0.4, 0.5) is 18.9 Å². The van der Waals surface area contributed by atoms with E-state index < -0.39 is 11.7 Å². The van der Waals surface area contributed by atoms with E-state index >= 15 is 0 Å². The SMILES string of the molecule is CCN(CC(C)C)c1ccc(CN)cc1C(F)(F)F. The molecule has 2 nitrogen and oxygen atoms in total. The van der Waals surface area contributed by atoms with E-state index in [0.29, 0.717) is 24.6 Å². The maximum atomic E-state index is 13.1. The van der Waals surface area contributed by atoms with E-state index in [2.05, 4.69) is 0 Å². The minimum Gasteiger partial charge on any atom is -0.371 e. The number of hydrogen-bond acceptors (Lipinski definition) is 2. The second-order valence-electron chi connectivity index (χ2n) is 4.99. The fraction of sp³-hybridized carbons (Fsp3) is 0.571. The van der Waals surface area contributed by atoms with Crippen LogP contribution in [0.25, 0.3) is 0 Å². The number of alkyl halides is 3. The van der Waals surface area contributed by atoms with Crippen molar-refractivity contribution in [1.82, 2.24) is 0 Å². The summed E-state index contributed by atoms with van der Waals surface area (Å²) in [7, 11) is 0. The first-order chi connectivity index (χ1) is 8.79. The van der Waals surface area contributed by atoms with Gasteiger partial charge in [-0.2, -0.15) is 13.2 Å². The Kier molecular flexibility index (Phi) is 5.23. The molecular formula is C14H21F3N2. The predicted molar refractivity (Wildman–Crippen MR) is 72.1 cm³/mol. The number of nitrogens with zero attached hydrogens (tertiary/aromatic N) is 1. The molecule has 0 bridgehead atoms. The summed E-state index contributed by atoms with van der Waals surface area (Å²) in [6.45, 7) is 7.10. The van der Waals surface area contributed by atoms with Crippen LogP contribution in [-0.2, 0) is 12.7 Å². The molecule has 0 radical (unpaired) electrons. The number of hydrogen-bond donors (Lipinski definition) is 1. The maximum Gasteiger partial charge on any atom is 0.418 e. The van der Waals surface area contributed by atoms with Crippen LogP contribution in [0.3, 0.4) is 0 Å². The van der Waals surface area contributed by atoms with Crippen LogP contribution in [0.15, 0.2) is 18.2 Å². The lowest BCUT2D eigenvalue weighted by molar-refractivity contribution is -0.137. The molecule has 0 aliphatic carbocycles. The molecule has 0 saturated heterocycles. The Balaban J connectivity index is 3.24. The summed E-state index contributed by atoms with van der Waals surface area (Å²) >= 11 is 0. The highest BCUT2D eigenvalue weighted by molar-refractivity contribution is 5.56. The summed E-state index contributed by atoms with van der Waals surface area (Å²) in [5, 5.41) is 0. The van der Waals surface area contributed by atoms with Crippen molar-refractivity contribution >= 4 is 5.69 Å². The normalized spacial score (nSPS) is 12.0. The third-order valence-corrected chi connectivity index (χ3v) is 2.91. The third kappa shape index (κ3) is 4.13. The maximum absolute atomic E-state index is 13.1. The van der Waals surface area contributed by atoms with Gasteiger partial charge in [-0.05, 0) is 30.5 Å². The molecule has 1 rings (SSSR count). The first-order valence-electron chi connectivity index (χ1n) is 6.44. The van der Waals surface area contributed by atoms with Crippen molar-refractivity contribution in [3.63, 3.8) is 0 Å². The molecule has 5 heteroatoms. The van der Waals surface area contributed by atoms with E-state index in [1.165, 1.54) is 6.07 Å². The number of anilines is 1. The molecule has 0 amide bonds. The Hall–Kier alpha value is -1.23. The Morgan fingerprint density at radius 1 is 1.26 bits per heavy atom. The van der Waals surface area contributed by atoms with Crippen molar-refractivity contribution in [2.45, 2.75) is 33.5 Å². The molecule has 0 aliphatic heterocycles. The Morgan fingerprint density at radius 2 is 1.89 bits per heavy atom. The van der Waals surface area contributed by atoms with Gasteiger partial charge in [-0.1, -0.05) is 19.9 Å². The molecule has 108 valence electrons. The number of rotatable bonds is 5. The van der Waals surface area contributed by atoms with Crippen molar-refractivity contribution in [3.8, 4) is 0 Å². The summed E-state index contributed by atoms with van der Waals surface area (Å²) in [6.07, 6.45) is -4.36. The highest BCUT2D eigenvalue weighted by Gasteiger charge is 2.35. The van der Waals surface area contributed by atoms with Gasteiger partial charge >= 0.3 is 6.18 Å². The van der Waals surface area contributed by atoms with Crippen LogP contribution in [0.1, 0.15) is 31.9 Å². The molecule has 1 aromatic carbocycles. The summed E-state index contributed by atoms with van der Waals surface area (Å²) in [4.78, 5) is 1.76. The van der Waals surface area contributed by atoms with Gasteiger partial charge < -0.3 is 10.6 Å². The average molecular weight is 274 g/mol. The van der Waals surface area contributed by atoms with Gasteiger partial charge in [0.15, 0.2) is 0 Å². The van der Waals surface area contributed by atoms with E-state index in [1.807, 2.05) is 20.8 Å². The first-order valence-corrected chi connectivity index (χ1v) is 6.44. The molecule has 0 atom stereocenters. The molecule has 0 spiro atoms. The van der Waals surface area contributed by atoms with Crippen LogP contribution >= 0.6 is 0 Å². The first kappa shape index (κ1) is 15.8. The monoisotopic (exact) mass is 274 g/mol. The number of halogens is 3. The molecular weight excluding hydrogens is 253 g/mol. The smallest absolute Gasteiger partial charge is 0.371 e. The highest BCUT2D eigenvalue weighted by atomic mass is 19.4. The van der Waals surface area contributed by atoms with Crippen LogP contribution in [0.5, 0.6) is 0 Å². The quantitative estimate of drug-likeness (QED) is 0.888. The van der Waals surface area contributed by atoms with Gasteiger partial charge in [-0.25, -0.2) is 0 Å². The Bertz CT molecular complexity index is 414. The number of nitrogens with two attached hydrogens (primary N) is 1. The second-order valence-corrected chi connectivity index (χ2v) is 4.99. The third-order valence-electron chi connectivity index (χ3n) is 2.91. The van der Waals surface area contributed by atoms with Crippen molar-refractivity contribution in [3.05, 3.63) is 29.3 Å². The predicted octanol–water partition coefficient (Wildman–Crippen LogP) is 3.65. The van der Waals surface area contributed by atoms with E-state index in [4.69, 9.17) is 5.73 Å². The van der Waals surface area contributed by atoms with Crippen molar-refractivity contribution in [2.75, 3.05) is 18.0 Å². The lowest BCUT2D eigenvalue weighted by Crippen LogP contribution is -2.29. The zero-order valence-corrected chi connectivity index (χ0v) is 11.6. The van der Waals surface area contributed by atoms with E-state index in [1.54, 1.807) is 11.0 Å². The fourth-order valence-electron chi connectivity index (χ4n) is 2.05. The summed E-state index contributed by atoms with van der Waals surface area (Å²) < 4.78 is 39.4. The molecule has 1 aromatic rings. The Labute approximate surface area is 112 Å². The molecule has 0 heterocycles. The topological polar surface area (TPSA) is 29.3 Å². The molecule has 0 fully saturated rings. The van der Waals surface area contributed by atoms with Crippen LogP contribution in [0.2, 0.25) is 0 Å². The van der Waals surface area contributed by atoms with E-state index in [0.717, 1.165) is 6.07 Å². The molecule has 0 aliphatic rings. The molecule has 0 aromatic heterocycles. The van der Waals surface area contributed by atoms with E-state index in [-0.39, 0.29) is 12.2 Å². The Morgan fingerprint density at radius 3 is 2.32 bits per heavy atom. The highest BCUT2D eigenvalue weighted by Crippen LogP contribution is 2.37. The minimum atomic E-state index is -4.36. The minimum absolute atomic E-state index is 0.111. The van der Waals surface area contributed by atoms with E-state index in [9.17, 15) is 13.2 Å². The van der Waals surface area contributed by atoms with Gasteiger partial charge in [-0.3, -0.25) is 0 Å². The van der Waals surface area contributed by atoms with Gasteiger partial charge in [0.1, 0.15) is 0 Å². The number of benzene rings is 1. The lowest BCUT2D eigenvalue weighted by atomic mass is 10.1. The molecule has 0 saturated carbocycles. The largest absolute Gasteiger partial charge is 0.418 e.